The van der Waals surface area contributed by atoms with E-state index < -0.39 is 83.0 Å². The molecule has 0 aliphatic carbocycles. The molecule has 6 N–H and O–H groups in total. The predicted octanol–water partition coefficient (Wildman–Crippen LogP) is 11.6. The molecule has 0 saturated carbocycles. The average molecular weight is 2070 g/mol. The summed E-state index contributed by atoms with van der Waals surface area (Å²) in [6.07, 6.45) is 6.16. The van der Waals surface area contributed by atoms with Gasteiger partial charge in [0.2, 0.25) is 0 Å². The van der Waals surface area contributed by atoms with Crippen LogP contribution in [-0.4, -0.2) is 308 Å². The molecule has 762 valence electrons. The number of carbonyl (C=O) groups excluding carboxylic acids is 6. The summed E-state index contributed by atoms with van der Waals surface area (Å²) >= 11 is 10.5. The number of aliphatic carboxylic acids is 3. The molecule has 9 aliphatic rings. The third-order valence-corrected chi connectivity index (χ3v) is 29.5. The SMILES string of the molecule is COC[C@@H]1[C@H]2CN(c3ccc(CCC(=O)O)cc3)C(=O)N2CCN1CC1=C(C(=O)OC)[C@H](c2ccc(F)c(F)c2)N=C(c2nccs2)N1.COC[C@@H]1[C@H]2CN(c3ccc(CCC(=O)O)cc3)C(=O)N2CCN1CC1=C(C(=O)OC)[C@H](c2ccc(F)c(F)c2C)N=C(c2nccs2)N1.COC[C@@H]1[C@H]2CN(c3ccc(CCC(=O)O)cc3)C(=O)N2CCN1CC1=C(C(=O)OC)[C@H](c2cccc(F)c2Cl)N=C(c2nccs2)N1. The number of urea groups is 3. The number of carboxylic acids is 3. The first-order chi connectivity index (χ1) is 70.0. The Labute approximate surface area is 846 Å². The zero-order valence-electron chi connectivity index (χ0n) is 79.7. The van der Waals surface area contributed by atoms with Crippen molar-refractivity contribution < 1.29 is 109 Å². The smallest absolute Gasteiger partial charge is 0.338 e. The van der Waals surface area contributed by atoms with Gasteiger partial charge in [-0.15, -0.1) is 34.0 Å². The molecule has 9 aliphatic heterocycles. The van der Waals surface area contributed by atoms with Crippen LogP contribution in [0.5, 0.6) is 0 Å². The number of esters is 3. The summed E-state index contributed by atoms with van der Waals surface area (Å²) < 4.78 is 105. The van der Waals surface area contributed by atoms with Crippen molar-refractivity contribution in [2.24, 2.45) is 15.0 Å². The molecule has 145 heavy (non-hydrogen) atoms. The number of fused-ring (bicyclic) bond motifs is 3. The van der Waals surface area contributed by atoms with Crippen LogP contribution in [-0.2, 0) is 76.5 Å². The van der Waals surface area contributed by atoms with Crippen molar-refractivity contribution in [3.8, 4) is 0 Å². The first kappa shape index (κ1) is 104. The second-order valence-corrected chi connectivity index (χ2v) is 38.3. The van der Waals surface area contributed by atoms with Crippen LogP contribution in [0.1, 0.15) is 91.4 Å². The van der Waals surface area contributed by atoms with E-state index in [0.717, 1.165) is 40.6 Å². The van der Waals surface area contributed by atoms with Crippen LogP contribution in [0.2, 0.25) is 5.02 Å². The number of hydrogen-bond acceptors (Lipinski definition) is 30. The number of nitrogens with one attached hydrogen (secondary N) is 3. The Kier molecular flexibility index (Phi) is 33.3. The van der Waals surface area contributed by atoms with E-state index in [1.807, 2.05) is 92.9 Å². The van der Waals surface area contributed by atoms with Crippen molar-refractivity contribution in [3.05, 3.63) is 278 Å². The van der Waals surface area contributed by atoms with E-state index in [1.165, 1.54) is 86.5 Å². The summed E-state index contributed by atoms with van der Waals surface area (Å²) in [6, 6.07) is 27.4. The number of hydrogen-bond donors (Lipinski definition) is 6. The van der Waals surface area contributed by atoms with Crippen LogP contribution < -0.4 is 30.7 Å². The molecule has 0 spiro atoms. The lowest BCUT2D eigenvalue weighted by Crippen LogP contribution is -2.61. The van der Waals surface area contributed by atoms with E-state index in [-0.39, 0.29) is 139 Å². The molecule has 9 aromatic rings. The van der Waals surface area contributed by atoms with Gasteiger partial charge in [0.05, 0.1) is 99.1 Å². The number of thiazole rings is 3. The molecule has 6 saturated heterocycles. The first-order valence-corrected chi connectivity index (χ1v) is 49.4. The minimum atomic E-state index is -1.07. The van der Waals surface area contributed by atoms with Crippen molar-refractivity contribution in [2.75, 3.05) is 156 Å². The number of aromatic nitrogens is 3. The number of ether oxygens (including phenoxy) is 6. The monoisotopic (exact) mass is 2070 g/mol. The lowest BCUT2D eigenvalue weighted by molar-refractivity contribution is -0.138. The van der Waals surface area contributed by atoms with E-state index in [1.54, 1.807) is 71.4 Å². The van der Waals surface area contributed by atoms with Crippen LogP contribution in [0.3, 0.4) is 0 Å². The van der Waals surface area contributed by atoms with Gasteiger partial charge >= 0.3 is 53.9 Å². The maximum Gasteiger partial charge on any atom is 0.338 e. The molecule has 6 fully saturated rings. The maximum absolute atomic E-state index is 14.9. The Bertz CT molecular complexity index is 6530. The van der Waals surface area contributed by atoms with Gasteiger partial charge in [-0.25, -0.2) is 65.7 Å². The fourth-order valence-corrected chi connectivity index (χ4v) is 21.6. The van der Waals surface area contributed by atoms with Crippen LogP contribution in [0.4, 0.5) is 53.4 Å². The number of piperazine rings is 3. The van der Waals surface area contributed by atoms with Gasteiger partial charge in [0.25, 0.3) is 0 Å². The predicted molar refractivity (Wildman–Crippen MR) is 528 cm³/mol. The highest BCUT2D eigenvalue weighted by atomic mass is 35.5. The van der Waals surface area contributed by atoms with Gasteiger partial charge < -0.3 is 74.4 Å². The Morgan fingerprint density at radius 1 is 0.421 bits per heavy atom. The Morgan fingerprint density at radius 3 is 1.10 bits per heavy atom. The zero-order chi connectivity index (χ0) is 103. The summed E-state index contributed by atoms with van der Waals surface area (Å²) in [7, 11) is 8.57. The molecule has 9 atom stereocenters. The summed E-state index contributed by atoms with van der Waals surface area (Å²) in [4.78, 5) is 159. The van der Waals surface area contributed by atoms with E-state index in [0.29, 0.717) is 157 Å². The Balaban J connectivity index is 0.000000156. The standard InChI is InChI=1S/C34H36F2N6O6S.C33H34ClFN6O6S.C33H34F2N6O6S/c1-19-22(9-10-23(35)29(19)36)30-28(33(45)48-3)24(38-31(39-30)32-37-12-15-49-32)16-40-13-14-41-25(26(40)18-47-2)17-42(34(41)46)21-7-4-20(5-8-21)6-11-27(43)44;1-46-18-25-24-17-41(20-9-6-19(7-10-20)8-11-26(42)43)33(45)40(24)14-13-39(25)16-23-27(32(44)47-2)29(21-4-3-5-22(35)28(21)34)38-30(37-23)31-36-12-15-48-31;1-46-18-26-25-17-41(21-7-3-19(4-8-21)5-10-27(42)43)33(45)40(25)13-12-39(26)16-24-28(32(44)47-2)29(20-6-9-22(34)23(35)15-20)38-30(37-24)31-36-11-14-48-31/h4-5,7-10,12,15,25-26,30H,6,11,13-14,16-18H2,1-3H3,(H,38,39)(H,43,44);3-7,9-10,12,15,24-25,29H,8,11,13-14,16-18H2,1-2H3,(H,37,38)(H,42,43);3-4,6-9,11,14-15,25-26,29H,5,10,12-13,16-18H2,1-2H3,(H,37,38)(H,42,43)/t25-,26-,30+;24-,25-,29+;25-,26-,29+/m111/s1. The van der Waals surface area contributed by atoms with Crippen LogP contribution in [0, 0.1) is 36.0 Å². The topological polar surface area (TPSA) is 411 Å². The highest BCUT2D eigenvalue weighted by molar-refractivity contribution is 7.12. The number of anilines is 3. The molecular formula is C100H104ClF5N18O18S3. The lowest BCUT2D eigenvalue weighted by atomic mass is 9.91. The number of aliphatic imine (C=N–C) groups is 3. The number of rotatable bonds is 33. The van der Waals surface area contributed by atoms with Gasteiger partial charge in [-0.3, -0.25) is 58.8 Å². The van der Waals surface area contributed by atoms with Crippen LogP contribution in [0.15, 0.2) is 205 Å². The van der Waals surface area contributed by atoms with Crippen LogP contribution in [0.25, 0.3) is 0 Å². The number of halogens is 6. The Hall–Kier alpha value is -13.8. The largest absolute Gasteiger partial charge is 0.481 e. The highest BCUT2D eigenvalue weighted by Crippen LogP contribution is 2.44. The molecule has 0 bridgehead atoms. The van der Waals surface area contributed by atoms with Crippen molar-refractivity contribution >= 4 is 134 Å². The number of carboxylic acid groups (broad SMARTS) is 3. The van der Waals surface area contributed by atoms with Crippen molar-refractivity contribution in [3.63, 3.8) is 0 Å². The van der Waals surface area contributed by atoms with Gasteiger partial charge in [-0.1, -0.05) is 72.3 Å². The van der Waals surface area contributed by atoms with E-state index in [4.69, 9.17) is 70.3 Å². The second kappa shape index (κ2) is 46.5. The second-order valence-electron chi connectivity index (χ2n) is 35.2. The molecule has 18 rings (SSSR count). The van der Waals surface area contributed by atoms with Gasteiger partial charge in [-0.2, -0.15) is 0 Å². The third-order valence-electron chi connectivity index (χ3n) is 26.8. The highest BCUT2D eigenvalue weighted by Gasteiger charge is 2.52. The molecule has 36 nitrogen and oxygen atoms in total. The number of amidine groups is 3. The lowest BCUT2D eigenvalue weighted by Gasteiger charge is -2.44. The van der Waals surface area contributed by atoms with Crippen molar-refractivity contribution in [2.45, 2.75) is 99.8 Å². The van der Waals surface area contributed by atoms with E-state index in [9.17, 15) is 65.1 Å². The number of carbonyl (C=O) groups is 9. The number of benzene rings is 6. The summed E-state index contributed by atoms with van der Waals surface area (Å²) in [5.74, 6) is -8.17. The van der Waals surface area contributed by atoms with E-state index >= 15 is 0 Å². The molecule has 12 heterocycles. The number of amides is 6. The quantitative estimate of drug-likeness (QED) is 0.0126. The van der Waals surface area contributed by atoms with Gasteiger partial charge in [0.1, 0.15) is 23.9 Å². The fourth-order valence-electron chi connectivity index (χ4n) is 19.6. The minimum Gasteiger partial charge on any atom is -0.481 e. The summed E-state index contributed by atoms with van der Waals surface area (Å²) in [5, 5.41) is 43.9. The molecule has 6 amide bonds. The van der Waals surface area contributed by atoms with E-state index in [2.05, 4.69) is 45.6 Å². The fraction of sp³-hybridized carbons (Fsp3) is 0.370. The van der Waals surface area contributed by atoms with Gasteiger partial charge in [0, 0.05) is 194 Å². The normalized spacial score (nSPS) is 21.2. The molecule has 0 radical (unpaired) electrons. The molecule has 3 aromatic heterocycles. The van der Waals surface area contributed by atoms with Gasteiger partial charge in [0.15, 0.2) is 55.8 Å². The average Bonchev–Trinajstić information content (AvgIpc) is 1.68. The summed E-state index contributed by atoms with van der Waals surface area (Å²) in [6.45, 7) is 6.82. The van der Waals surface area contributed by atoms with Crippen LogP contribution >= 0.6 is 45.6 Å². The Morgan fingerprint density at radius 2 is 0.766 bits per heavy atom. The molecule has 0 unspecified atom stereocenters. The minimum absolute atomic E-state index is 0.0215. The van der Waals surface area contributed by atoms with Gasteiger partial charge in [-0.05, 0) is 120 Å². The van der Waals surface area contributed by atoms with Crippen molar-refractivity contribution in [1.82, 2.24) is 60.3 Å². The summed E-state index contributed by atoms with van der Waals surface area (Å²) in [5.41, 5.74) is 7.60. The number of nitrogens with zero attached hydrogens (tertiary/aromatic N) is 15. The molecule has 45 heteroatoms. The first-order valence-electron chi connectivity index (χ1n) is 46.4. The molecular weight excluding hydrogens is 1970 g/mol. The zero-order valence-corrected chi connectivity index (χ0v) is 82.9. The number of aryl methyl sites for hydroxylation is 3. The third kappa shape index (κ3) is 22.8. The van der Waals surface area contributed by atoms with Crippen molar-refractivity contribution in [1.29, 1.82) is 0 Å². The molecule has 6 aromatic carbocycles. The maximum atomic E-state index is 14.9. The number of methoxy groups -OCH3 is 6.